The Balaban J connectivity index is 1.91. The fourth-order valence-corrected chi connectivity index (χ4v) is 4.37. The van der Waals surface area contributed by atoms with Crippen LogP contribution in [-0.2, 0) is 4.79 Å². The summed E-state index contributed by atoms with van der Waals surface area (Å²) in [6.07, 6.45) is 0. The summed E-state index contributed by atoms with van der Waals surface area (Å²) >= 11 is 1.15. The number of imide groups is 1. The van der Waals surface area contributed by atoms with Crippen LogP contribution in [0.2, 0.25) is 0 Å². The van der Waals surface area contributed by atoms with E-state index in [-0.39, 0.29) is 5.56 Å². The van der Waals surface area contributed by atoms with E-state index in [1.165, 1.54) is 7.05 Å². The van der Waals surface area contributed by atoms with Gasteiger partial charge in [-0.05, 0) is 44.5 Å². The molecule has 2 aromatic heterocycles. The van der Waals surface area contributed by atoms with Crippen molar-refractivity contribution in [2.45, 2.75) is 31.2 Å². The summed E-state index contributed by atoms with van der Waals surface area (Å²) in [5.41, 5.74) is 3.17. The van der Waals surface area contributed by atoms with Crippen molar-refractivity contribution < 1.29 is 9.59 Å². The summed E-state index contributed by atoms with van der Waals surface area (Å²) in [7, 11) is 1.44. The van der Waals surface area contributed by atoms with Crippen molar-refractivity contribution in [2.24, 2.45) is 0 Å². The molecule has 0 spiro atoms. The second kappa shape index (κ2) is 8.46. The van der Waals surface area contributed by atoms with Gasteiger partial charge in [0, 0.05) is 7.05 Å². The number of aromatic nitrogens is 4. The van der Waals surface area contributed by atoms with Crippen molar-refractivity contribution in [2.75, 3.05) is 7.05 Å². The predicted octanol–water partition coefficient (Wildman–Crippen LogP) is 2.59. The van der Waals surface area contributed by atoms with E-state index in [1.807, 2.05) is 44.2 Å². The number of benzene rings is 2. The highest BCUT2D eigenvalue weighted by Gasteiger charge is 2.23. The molecule has 0 aliphatic carbocycles. The first-order valence-corrected chi connectivity index (χ1v) is 10.9. The van der Waals surface area contributed by atoms with Gasteiger partial charge in [0.15, 0.2) is 5.16 Å². The first-order valence-electron chi connectivity index (χ1n) is 9.97. The van der Waals surface area contributed by atoms with Crippen LogP contribution in [-0.4, -0.2) is 43.4 Å². The fraction of sp³-hybridized carbons (Fsp3) is 0.227. The zero-order valence-corrected chi connectivity index (χ0v) is 18.9. The second-order valence-electron chi connectivity index (χ2n) is 7.39. The maximum absolute atomic E-state index is 13.4. The van der Waals surface area contributed by atoms with Gasteiger partial charge < -0.3 is 5.32 Å². The highest BCUT2D eigenvalue weighted by Crippen LogP contribution is 2.27. The molecule has 0 saturated heterocycles. The van der Waals surface area contributed by atoms with Crippen LogP contribution in [0, 0.1) is 13.8 Å². The number of rotatable bonds is 4. The second-order valence-corrected chi connectivity index (χ2v) is 8.70. The molecular formula is C22H22N6O3S. The van der Waals surface area contributed by atoms with E-state index in [1.54, 1.807) is 28.0 Å². The average molecular weight is 451 g/mol. The summed E-state index contributed by atoms with van der Waals surface area (Å²) in [6.45, 7) is 5.61. The van der Waals surface area contributed by atoms with Crippen molar-refractivity contribution in [3.05, 3.63) is 63.9 Å². The molecule has 0 radical (unpaired) electrons. The topological polar surface area (TPSA) is 110 Å². The predicted molar refractivity (Wildman–Crippen MR) is 123 cm³/mol. The molecule has 0 saturated carbocycles. The Kier molecular flexibility index (Phi) is 5.70. The number of thioether (sulfide) groups is 1. The Hall–Kier alpha value is -3.66. The number of fused-ring (bicyclic) bond motifs is 3. The van der Waals surface area contributed by atoms with E-state index >= 15 is 0 Å². The zero-order chi connectivity index (χ0) is 23.0. The van der Waals surface area contributed by atoms with Gasteiger partial charge in [-0.15, -0.1) is 10.2 Å². The van der Waals surface area contributed by atoms with Crippen LogP contribution in [0.25, 0.3) is 22.4 Å². The van der Waals surface area contributed by atoms with Crippen LogP contribution < -0.4 is 16.2 Å². The lowest BCUT2D eigenvalue weighted by Gasteiger charge is -2.14. The monoisotopic (exact) mass is 450 g/mol. The lowest BCUT2D eigenvalue weighted by Crippen LogP contribution is -2.41. The number of para-hydroxylation sites is 1. The number of amides is 3. The molecule has 2 N–H and O–H groups in total. The van der Waals surface area contributed by atoms with Gasteiger partial charge in [0.1, 0.15) is 0 Å². The van der Waals surface area contributed by atoms with Gasteiger partial charge in [0.25, 0.3) is 5.56 Å². The summed E-state index contributed by atoms with van der Waals surface area (Å²) in [5, 5.41) is 13.5. The Morgan fingerprint density at radius 1 is 1.09 bits per heavy atom. The molecular weight excluding hydrogens is 428 g/mol. The zero-order valence-electron chi connectivity index (χ0n) is 18.0. The molecule has 0 bridgehead atoms. The summed E-state index contributed by atoms with van der Waals surface area (Å²) in [4.78, 5) is 37.3. The molecule has 9 nitrogen and oxygen atoms in total. The molecule has 1 atom stereocenters. The first-order chi connectivity index (χ1) is 15.3. The van der Waals surface area contributed by atoms with E-state index in [2.05, 4.69) is 20.8 Å². The minimum Gasteiger partial charge on any atom is -0.341 e. The largest absolute Gasteiger partial charge is 0.341 e. The van der Waals surface area contributed by atoms with Gasteiger partial charge >= 0.3 is 6.03 Å². The third kappa shape index (κ3) is 3.73. The quantitative estimate of drug-likeness (QED) is 0.463. The van der Waals surface area contributed by atoms with Crippen molar-refractivity contribution in [1.82, 2.24) is 29.8 Å². The maximum atomic E-state index is 13.4. The highest BCUT2D eigenvalue weighted by atomic mass is 32.2. The van der Waals surface area contributed by atoms with Crippen molar-refractivity contribution >= 4 is 40.4 Å². The Labute approximate surface area is 187 Å². The lowest BCUT2D eigenvalue weighted by molar-refractivity contribution is -0.119. The molecule has 0 aliphatic heterocycles. The van der Waals surface area contributed by atoms with Crippen LogP contribution in [0.4, 0.5) is 4.79 Å². The normalized spacial score (nSPS) is 12.1. The van der Waals surface area contributed by atoms with Crippen molar-refractivity contribution in [3.63, 3.8) is 0 Å². The number of hydrogen-bond acceptors (Lipinski definition) is 6. The van der Waals surface area contributed by atoms with E-state index in [0.29, 0.717) is 27.5 Å². The minimum absolute atomic E-state index is 0.200. The van der Waals surface area contributed by atoms with Gasteiger partial charge in [0.05, 0.1) is 21.8 Å². The number of carbonyl (C=O) groups is 2. The van der Waals surface area contributed by atoms with E-state index in [0.717, 1.165) is 22.9 Å². The van der Waals surface area contributed by atoms with Crippen LogP contribution >= 0.6 is 11.8 Å². The highest BCUT2D eigenvalue weighted by molar-refractivity contribution is 8.00. The van der Waals surface area contributed by atoms with Gasteiger partial charge in [-0.3, -0.25) is 19.3 Å². The van der Waals surface area contributed by atoms with E-state index in [4.69, 9.17) is 0 Å². The number of nitrogens with zero attached hydrogens (tertiary/aromatic N) is 4. The molecule has 164 valence electrons. The van der Waals surface area contributed by atoms with Crippen LogP contribution in [0.15, 0.2) is 52.4 Å². The van der Waals surface area contributed by atoms with Crippen molar-refractivity contribution in [1.29, 1.82) is 0 Å². The van der Waals surface area contributed by atoms with Crippen LogP contribution in [0.3, 0.4) is 0 Å². The van der Waals surface area contributed by atoms with E-state index < -0.39 is 17.2 Å². The van der Waals surface area contributed by atoms with Crippen LogP contribution in [0.5, 0.6) is 0 Å². The molecule has 32 heavy (non-hydrogen) atoms. The van der Waals surface area contributed by atoms with Gasteiger partial charge in [-0.2, -0.15) is 0 Å². The third-order valence-corrected chi connectivity index (χ3v) is 6.15. The smallest absolute Gasteiger partial charge is 0.321 e. The molecule has 0 aliphatic rings. The number of hydrogen-bond donors (Lipinski definition) is 2. The number of carbonyl (C=O) groups excluding carboxylic acids is 2. The Bertz CT molecular complexity index is 1420. The Morgan fingerprint density at radius 2 is 1.84 bits per heavy atom. The molecule has 4 aromatic rings. The third-order valence-electron chi connectivity index (χ3n) is 5.10. The summed E-state index contributed by atoms with van der Waals surface area (Å²) < 4.78 is 3.31. The molecule has 2 aromatic carbocycles. The standard InChI is InChI=1S/C22H22N6O3S/c1-12-9-10-16(13(2)11-12)27-19(30)15-7-5-6-8-17(15)28-21(27)25-26-22(28)32-14(3)18(29)24-20(31)23-4/h5-11,14H,1-4H3,(H2,23,24,29,31). The van der Waals surface area contributed by atoms with Crippen LogP contribution in [0.1, 0.15) is 18.1 Å². The summed E-state index contributed by atoms with van der Waals surface area (Å²) in [6, 6.07) is 12.5. The average Bonchev–Trinajstić information content (AvgIpc) is 3.18. The molecule has 1 unspecified atom stereocenters. The van der Waals surface area contributed by atoms with Gasteiger partial charge in [0.2, 0.25) is 11.7 Å². The molecule has 4 rings (SSSR count). The SMILES string of the molecule is CNC(=O)NC(=O)C(C)Sc1nnc2n(-c3ccc(C)cc3C)c(=O)c3ccccc3n12. The number of urea groups is 1. The maximum Gasteiger partial charge on any atom is 0.321 e. The first kappa shape index (κ1) is 21.6. The van der Waals surface area contributed by atoms with Crippen molar-refractivity contribution in [3.8, 4) is 5.69 Å². The molecule has 10 heteroatoms. The number of aryl methyl sites for hydroxylation is 2. The van der Waals surface area contributed by atoms with E-state index in [9.17, 15) is 14.4 Å². The summed E-state index contributed by atoms with van der Waals surface area (Å²) in [5.74, 6) is -0.111. The Morgan fingerprint density at radius 3 is 2.56 bits per heavy atom. The number of nitrogens with one attached hydrogen (secondary N) is 2. The molecule has 0 fully saturated rings. The molecule has 2 heterocycles. The lowest BCUT2D eigenvalue weighted by atomic mass is 10.1. The molecule has 3 amide bonds. The fourth-order valence-electron chi connectivity index (χ4n) is 3.52. The van der Waals surface area contributed by atoms with Gasteiger partial charge in [-0.1, -0.05) is 41.6 Å². The minimum atomic E-state index is -0.625. The van der Waals surface area contributed by atoms with Gasteiger partial charge in [-0.25, -0.2) is 9.36 Å².